The minimum Gasteiger partial charge on any atom is -0.455 e. The number of benzene rings is 2. The van der Waals surface area contributed by atoms with Crippen molar-refractivity contribution < 1.29 is 18.7 Å². The number of thioether (sulfide) groups is 1. The monoisotopic (exact) mass is 453 g/mol. The lowest BCUT2D eigenvalue weighted by atomic mass is 10.1. The van der Waals surface area contributed by atoms with Gasteiger partial charge in [-0.2, -0.15) is 0 Å². The Bertz CT molecular complexity index is 827. The van der Waals surface area contributed by atoms with E-state index in [4.69, 9.17) is 4.74 Å². The molecule has 7 heteroatoms. The van der Waals surface area contributed by atoms with Crippen LogP contribution in [0.1, 0.15) is 29.7 Å². The number of ether oxygens (including phenoxy) is 1. The van der Waals surface area contributed by atoms with Crippen LogP contribution in [0.4, 0.5) is 4.39 Å². The smallest absolute Gasteiger partial charge is 0.316 e. The number of carbonyl (C=O) groups excluding carboxylic acids is 2. The molecule has 0 saturated heterocycles. The second kappa shape index (κ2) is 9.90. The highest BCUT2D eigenvalue weighted by molar-refractivity contribution is 9.10. The van der Waals surface area contributed by atoms with Gasteiger partial charge < -0.3 is 10.1 Å². The van der Waals surface area contributed by atoms with Crippen LogP contribution in [0.3, 0.4) is 0 Å². The molecule has 0 aromatic heterocycles. The Morgan fingerprint density at radius 1 is 1.19 bits per heavy atom. The van der Waals surface area contributed by atoms with E-state index in [0.717, 1.165) is 26.1 Å². The molecule has 1 atom stereocenters. The summed E-state index contributed by atoms with van der Waals surface area (Å²) in [6, 6.07) is 9.58. The third-order valence-electron chi connectivity index (χ3n) is 3.91. The lowest BCUT2D eigenvalue weighted by Gasteiger charge is -2.14. The molecule has 144 valence electrons. The first kappa shape index (κ1) is 21.4. The normalized spacial score (nSPS) is 11.7. The molecule has 1 amide bonds. The molecule has 0 heterocycles. The van der Waals surface area contributed by atoms with Gasteiger partial charge in [0.1, 0.15) is 5.82 Å². The van der Waals surface area contributed by atoms with Crippen LogP contribution in [0, 0.1) is 19.7 Å². The average Bonchev–Trinajstić information content (AvgIpc) is 2.62. The highest BCUT2D eigenvalue weighted by Crippen LogP contribution is 2.28. The molecule has 0 spiro atoms. The largest absolute Gasteiger partial charge is 0.455 e. The van der Waals surface area contributed by atoms with E-state index in [-0.39, 0.29) is 24.2 Å². The molecule has 2 aromatic carbocycles. The van der Waals surface area contributed by atoms with E-state index in [1.807, 2.05) is 26.0 Å². The van der Waals surface area contributed by atoms with Crippen LogP contribution in [-0.4, -0.2) is 24.2 Å². The fourth-order valence-corrected chi connectivity index (χ4v) is 3.71. The van der Waals surface area contributed by atoms with E-state index in [1.54, 1.807) is 19.1 Å². The van der Waals surface area contributed by atoms with Crippen molar-refractivity contribution in [2.24, 2.45) is 0 Å². The summed E-state index contributed by atoms with van der Waals surface area (Å²) >= 11 is 4.86. The topological polar surface area (TPSA) is 55.4 Å². The molecule has 0 radical (unpaired) electrons. The zero-order valence-electron chi connectivity index (χ0n) is 15.3. The number of nitrogens with one attached hydrogen (secondary N) is 1. The third-order valence-corrected chi connectivity index (χ3v) is 5.90. The van der Waals surface area contributed by atoms with Crippen LogP contribution in [0.15, 0.2) is 45.8 Å². The first-order valence-corrected chi connectivity index (χ1v) is 10.1. The van der Waals surface area contributed by atoms with Crippen molar-refractivity contribution in [1.82, 2.24) is 5.32 Å². The summed E-state index contributed by atoms with van der Waals surface area (Å²) in [5.74, 6) is -1.06. The number of hydrogen-bond donors (Lipinski definition) is 1. The number of amides is 1. The molecule has 0 saturated carbocycles. The molecule has 0 aliphatic heterocycles. The zero-order valence-corrected chi connectivity index (χ0v) is 17.7. The summed E-state index contributed by atoms with van der Waals surface area (Å²) in [5.41, 5.74) is 2.93. The SMILES string of the molecule is Cc1cc(SCC(=O)OCC(=O)NC(C)c2ccc(F)cc2)c(C)cc1Br. The minimum atomic E-state index is -0.454. The number of hydrogen-bond acceptors (Lipinski definition) is 4. The lowest BCUT2D eigenvalue weighted by Crippen LogP contribution is -2.31. The van der Waals surface area contributed by atoms with Crippen molar-refractivity contribution in [1.29, 1.82) is 0 Å². The van der Waals surface area contributed by atoms with Crippen LogP contribution in [-0.2, 0) is 14.3 Å². The Hall–Kier alpha value is -1.86. The van der Waals surface area contributed by atoms with Crippen molar-refractivity contribution in [2.75, 3.05) is 12.4 Å². The van der Waals surface area contributed by atoms with Crippen LogP contribution in [0.25, 0.3) is 0 Å². The van der Waals surface area contributed by atoms with Gasteiger partial charge >= 0.3 is 5.97 Å². The standard InChI is InChI=1S/C20H21BrFNO3S/c1-12-9-18(13(2)8-17(12)21)27-11-20(25)26-10-19(24)23-14(3)15-4-6-16(22)7-5-15/h4-9,14H,10-11H2,1-3H3,(H,23,24). The van der Waals surface area contributed by atoms with Crippen molar-refractivity contribution in [2.45, 2.75) is 31.7 Å². The summed E-state index contributed by atoms with van der Waals surface area (Å²) in [6.07, 6.45) is 0. The molecule has 2 aromatic rings. The minimum absolute atomic E-state index is 0.128. The Morgan fingerprint density at radius 3 is 2.52 bits per heavy atom. The number of esters is 1. The van der Waals surface area contributed by atoms with Gasteiger partial charge in [-0.1, -0.05) is 28.1 Å². The fraction of sp³-hybridized carbons (Fsp3) is 0.300. The van der Waals surface area contributed by atoms with Gasteiger partial charge in [-0.15, -0.1) is 11.8 Å². The van der Waals surface area contributed by atoms with Gasteiger partial charge in [0.05, 0.1) is 11.8 Å². The Morgan fingerprint density at radius 2 is 1.85 bits per heavy atom. The van der Waals surface area contributed by atoms with E-state index in [1.165, 1.54) is 23.9 Å². The molecular weight excluding hydrogens is 433 g/mol. The van der Waals surface area contributed by atoms with Crippen LogP contribution in [0.2, 0.25) is 0 Å². The highest BCUT2D eigenvalue weighted by Gasteiger charge is 2.13. The predicted octanol–water partition coefficient (Wildman–Crippen LogP) is 4.72. The molecule has 1 unspecified atom stereocenters. The third kappa shape index (κ3) is 6.66. The molecule has 0 aliphatic carbocycles. The Kier molecular flexibility index (Phi) is 7.86. The van der Waals surface area contributed by atoms with E-state index in [2.05, 4.69) is 21.2 Å². The maximum atomic E-state index is 12.9. The molecule has 0 bridgehead atoms. The molecular formula is C20H21BrFNO3S. The summed E-state index contributed by atoms with van der Waals surface area (Å²) < 4.78 is 19.0. The molecule has 27 heavy (non-hydrogen) atoms. The first-order valence-electron chi connectivity index (χ1n) is 8.36. The fourth-order valence-electron chi connectivity index (χ4n) is 2.35. The van der Waals surface area contributed by atoms with Crippen LogP contribution < -0.4 is 5.32 Å². The van der Waals surface area contributed by atoms with E-state index in [0.29, 0.717) is 0 Å². The second-order valence-corrected chi connectivity index (χ2v) is 8.03. The number of rotatable bonds is 7. The highest BCUT2D eigenvalue weighted by atomic mass is 79.9. The molecule has 0 fully saturated rings. The van der Waals surface area contributed by atoms with Crippen molar-refractivity contribution in [3.8, 4) is 0 Å². The maximum Gasteiger partial charge on any atom is 0.316 e. The van der Waals surface area contributed by atoms with Gasteiger partial charge in [0, 0.05) is 9.37 Å². The number of halogens is 2. The number of carbonyl (C=O) groups is 2. The van der Waals surface area contributed by atoms with Gasteiger partial charge in [0.25, 0.3) is 5.91 Å². The van der Waals surface area contributed by atoms with Crippen molar-refractivity contribution in [3.05, 3.63) is 63.4 Å². The van der Waals surface area contributed by atoms with Gasteiger partial charge in [-0.3, -0.25) is 9.59 Å². The Balaban J connectivity index is 1.77. The second-order valence-electron chi connectivity index (χ2n) is 6.16. The molecule has 0 aliphatic rings. The summed E-state index contributed by atoms with van der Waals surface area (Å²) in [5, 5.41) is 2.72. The van der Waals surface area contributed by atoms with Crippen LogP contribution in [0.5, 0.6) is 0 Å². The van der Waals surface area contributed by atoms with Gasteiger partial charge in [-0.05, 0) is 61.7 Å². The predicted molar refractivity (Wildman–Crippen MR) is 108 cm³/mol. The van der Waals surface area contributed by atoms with Gasteiger partial charge in [-0.25, -0.2) is 4.39 Å². The number of aryl methyl sites for hydroxylation is 2. The molecule has 4 nitrogen and oxygen atoms in total. The Labute approximate surface area is 171 Å². The van der Waals surface area contributed by atoms with E-state index < -0.39 is 11.9 Å². The van der Waals surface area contributed by atoms with Gasteiger partial charge in [0.2, 0.25) is 0 Å². The molecule has 1 N–H and O–H groups in total. The maximum absolute atomic E-state index is 12.9. The van der Waals surface area contributed by atoms with Crippen LogP contribution >= 0.6 is 27.7 Å². The summed E-state index contributed by atoms with van der Waals surface area (Å²) in [7, 11) is 0. The van der Waals surface area contributed by atoms with E-state index >= 15 is 0 Å². The van der Waals surface area contributed by atoms with Gasteiger partial charge in [0.15, 0.2) is 6.61 Å². The average molecular weight is 454 g/mol. The first-order chi connectivity index (χ1) is 12.8. The quantitative estimate of drug-likeness (QED) is 0.486. The summed E-state index contributed by atoms with van der Waals surface area (Å²) in [4.78, 5) is 24.8. The van der Waals surface area contributed by atoms with E-state index in [9.17, 15) is 14.0 Å². The zero-order chi connectivity index (χ0) is 20.0. The van der Waals surface area contributed by atoms with Crippen molar-refractivity contribution >= 4 is 39.6 Å². The molecule has 2 rings (SSSR count). The lowest BCUT2D eigenvalue weighted by molar-refractivity contribution is -0.146. The van der Waals surface area contributed by atoms with Crippen molar-refractivity contribution in [3.63, 3.8) is 0 Å². The summed E-state index contributed by atoms with van der Waals surface area (Å²) in [6.45, 7) is 5.39.